The first kappa shape index (κ1) is 26.9. The zero-order valence-corrected chi connectivity index (χ0v) is 26.1. The van der Waals surface area contributed by atoms with Crippen LogP contribution in [0, 0.1) is 0 Å². The van der Waals surface area contributed by atoms with Crippen LogP contribution in [0.2, 0.25) is 0 Å². The molecule has 0 bridgehead atoms. The summed E-state index contributed by atoms with van der Waals surface area (Å²) in [6.07, 6.45) is 3.54. The summed E-state index contributed by atoms with van der Waals surface area (Å²) in [6.45, 7) is 9.28. The van der Waals surface area contributed by atoms with Crippen LogP contribution >= 0.6 is 0 Å². The van der Waals surface area contributed by atoms with Crippen LogP contribution in [-0.2, 0) is 12.8 Å². The van der Waals surface area contributed by atoms with Crippen LogP contribution in [0.3, 0.4) is 0 Å². The van der Waals surface area contributed by atoms with Gasteiger partial charge < -0.3 is 0 Å². The molecule has 1 aromatic heterocycles. The van der Waals surface area contributed by atoms with Gasteiger partial charge >= 0.3 is 0 Å². The molecular formula is C42H38N2. The predicted molar refractivity (Wildman–Crippen MR) is 187 cm³/mol. The molecule has 0 fully saturated rings. The van der Waals surface area contributed by atoms with E-state index in [9.17, 15) is 0 Å². The van der Waals surface area contributed by atoms with Crippen molar-refractivity contribution in [2.45, 2.75) is 58.8 Å². The Balaban J connectivity index is 1.44. The van der Waals surface area contributed by atoms with Gasteiger partial charge in [-0.05, 0) is 116 Å². The van der Waals surface area contributed by atoms with E-state index < -0.39 is 0 Å². The lowest BCUT2D eigenvalue weighted by Gasteiger charge is -2.24. The summed E-state index contributed by atoms with van der Waals surface area (Å²) >= 11 is 0. The van der Waals surface area contributed by atoms with Crippen molar-refractivity contribution in [1.29, 1.82) is 0 Å². The fourth-order valence-electron chi connectivity index (χ4n) is 7.55. The predicted octanol–water partition coefficient (Wildman–Crippen LogP) is 11.4. The maximum atomic E-state index is 5.37. The highest BCUT2D eigenvalue weighted by Crippen LogP contribution is 2.42. The third kappa shape index (κ3) is 4.19. The average molecular weight is 571 g/mol. The zero-order valence-electron chi connectivity index (χ0n) is 26.1. The fourth-order valence-corrected chi connectivity index (χ4v) is 7.55. The Morgan fingerprint density at radius 3 is 1.89 bits per heavy atom. The first-order valence-electron chi connectivity index (χ1n) is 16.2. The maximum Gasteiger partial charge on any atom is 0.145 e. The van der Waals surface area contributed by atoms with Gasteiger partial charge in [0.15, 0.2) is 0 Å². The Labute approximate surface area is 260 Å². The number of imidazole rings is 1. The summed E-state index contributed by atoms with van der Waals surface area (Å²) < 4.78 is 2.47. The number of aryl methyl sites for hydroxylation is 2. The molecule has 0 saturated heterocycles. The normalized spacial score (nSPS) is 13.1. The Morgan fingerprint density at radius 1 is 0.545 bits per heavy atom. The minimum atomic E-state index is 0.339. The van der Waals surface area contributed by atoms with Gasteiger partial charge in [0.1, 0.15) is 5.82 Å². The van der Waals surface area contributed by atoms with E-state index in [1.165, 1.54) is 67.0 Å². The van der Waals surface area contributed by atoms with Gasteiger partial charge in [-0.15, -0.1) is 0 Å². The van der Waals surface area contributed by atoms with Gasteiger partial charge in [0.05, 0.1) is 16.7 Å². The molecule has 0 aliphatic heterocycles. The number of fused-ring (bicyclic) bond motifs is 7. The molecule has 0 atom stereocenters. The van der Waals surface area contributed by atoms with Crippen LogP contribution in [0.15, 0.2) is 109 Å². The molecule has 0 spiro atoms. The molecule has 0 radical (unpaired) electrons. The van der Waals surface area contributed by atoms with Crippen molar-refractivity contribution in [3.63, 3.8) is 0 Å². The summed E-state index contributed by atoms with van der Waals surface area (Å²) in [6, 6.07) is 40.3. The summed E-state index contributed by atoms with van der Waals surface area (Å²) in [5.74, 6) is 1.70. The third-order valence-electron chi connectivity index (χ3n) is 9.67. The molecule has 216 valence electrons. The standard InChI is InChI=1S/C42H38N2/c1-26(2)36-24-30(28-13-6-5-7-14-28)25-37(27(3)4)41(36)44-40-20-11-10-19-39(40)43-42(44)29-21-22-35-32-16-9-8-15-31(32)33-17-12-18-34(33)38(35)23-29/h5-11,13-16,19-27H,12,17-18H2,1-4H3. The molecule has 0 N–H and O–H groups in total. The number of nitrogens with zero attached hydrogens (tertiary/aromatic N) is 2. The van der Waals surface area contributed by atoms with Crippen molar-refractivity contribution >= 4 is 32.6 Å². The van der Waals surface area contributed by atoms with E-state index in [1.54, 1.807) is 5.56 Å². The van der Waals surface area contributed by atoms with Gasteiger partial charge in [-0.1, -0.05) is 107 Å². The molecule has 6 aromatic carbocycles. The SMILES string of the molecule is CC(C)c1cc(-c2ccccc2)cc(C(C)C)c1-n1c(-c2ccc3c(c2)c2c(c4ccccc43)CCC2)nc2ccccc21. The molecule has 0 saturated carbocycles. The molecular weight excluding hydrogens is 532 g/mol. The Kier molecular flexibility index (Phi) is 6.41. The quantitative estimate of drug-likeness (QED) is 0.188. The van der Waals surface area contributed by atoms with E-state index in [4.69, 9.17) is 4.98 Å². The van der Waals surface area contributed by atoms with E-state index >= 15 is 0 Å². The van der Waals surface area contributed by atoms with Crippen LogP contribution in [-0.4, -0.2) is 9.55 Å². The third-order valence-corrected chi connectivity index (χ3v) is 9.67. The first-order valence-corrected chi connectivity index (χ1v) is 16.2. The minimum Gasteiger partial charge on any atom is -0.292 e. The van der Waals surface area contributed by atoms with Gasteiger partial charge in [0, 0.05) is 5.56 Å². The summed E-state index contributed by atoms with van der Waals surface area (Å²) in [5, 5.41) is 5.53. The highest BCUT2D eigenvalue weighted by atomic mass is 15.1. The van der Waals surface area contributed by atoms with Crippen molar-refractivity contribution in [3.8, 4) is 28.2 Å². The monoisotopic (exact) mass is 570 g/mol. The smallest absolute Gasteiger partial charge is 0.145 e. The molecule has 1 aliphatic carbocycles. The lowest BCUT2D eigenvalue weighted by molar-refractivity contribution is 0.811. The Morgan fingerprint density at radius 2 is 1.16 bits per heavy atom. The van der Waals surface area contributed by atoms with E-state index in [-0.39, 0.29) is 0 Å². The van der Waals surface area contributed by atoms with E-state index in [1.807, 2.05) is 0 Å². The minimum absolute atomic E-state index is 0.339. The van der Waals surface area contributed by atoms with Gasteiger partial charge in [0.2, 0.25) is 0 Å². The Bertz CT molecular complexity index is 2170. The van der Waals surface area contributed by atoms with Crippen molar-refractivity contribution in [2.24, 2.45) is 0 Å². The van der Waals surface area contributed by atoms with E-state index in [0.717, 1.165) is 29.7 Å². The molecule has 0 unspecified atom stereocenters. The molecule has 2 nitrogen and oxygen atoms in total. The summed E-state index contributed by atoms with van der Waals surface area (Å²) in [4.78, 5) is 5.37. The number of hydrogen-bond donors (Lipinski definition) is 0. The topological polar surface area (TPSA) is 17.8 Å². The second-order valence-corrected chi connectivity index (χ2v) is 13.1. The fraction of sp³-hybridized carbons (Fsp3) is 0.214. The number of rotatable bonds is 5. The van der Waals surface area contributed by atoms with Gasteiger partial charge in [-0.3, -0.25) is 4.57 Å². The van der Waals surface area contributed by atoms with Crippen molar-refractivity contribution < 1.29 is 0 Å². The lowest BCUT2D eigenvalue weighted by atomic mass is 9.88. The molecule has 0 amide bonds. The highest BCUT2D eigenvalue weighted by Gasteiger charge is 2.25. The van der Waals surface area contributed by atoms with Gasteiger partial charge in [-0.2, -0.15) is 0 Å². The molecule has 1 heterocycles. The molecule has 7 aromatic rings. The van der Waals surface area contributed by atoms with Crippen molar-refractivity contribution in [3.05, 3.63) is 131 Å². The number of benzene rings is 6. The van der Waals surface area contributed by atoms with Crippen LogP contribution in [0.5, 0.6) is 0 Å². The second kappa shape index (κ2) is 10.5. The van der Waals surface area contributed by atoms with Crippen LogP contribution in [0.25, 0.3) is 60.8 Å². The second-order valence-electron chi connectivity index (χ2n) is 13.1. The molecule has 44 heavy (non-hydrogen) atoms. The molecule has 8 rings (SSSR count). The number of aromatic nitrogens is 2. The van der Waals surface area contributed by atoms with Crippen LogP contribution in [0.4, 0.5) is 0 Å². The maximum absolute atomic E-state index is 5.37. The average Bonchev–Trinajstić information content (AvgIpc) is 3.70. The van der Waals surface area contributed by atoms with E-state index in [0.29, 0.717) is 11.8 Å². The summed E-state index contributed by atoms with van der Waals surface area (Å²) in [7, 11) is 0. The largest absolute Gasteiger partial charge is 0.292 e. The van der Waals surface area contributed by atoms with Crippen LogP contribution < -0.4 is 0 Å². The summed E-state index contributed by atoms with van der Waals surface area (Å²) in [5.41, 5.74) is 13.0. The van der Waals surface area contributed by atoms with Crippen LogP contribution in [0.1, 0.15) is 68.2 Å². The zero-order chi connectivity index (χ0) is 29.9. The highest BCUT2D eigenvalue weighted by molar-refractivity contribution is 6.12. The molecule has 1 aliphatic rings. The molecule has 2 heteroatoms. The number of para-hydroxylation sites is 2. The van der Waals surface area contributed by atoms with Gasteiger partial charge in [0.25, 0.3) is 0 Å². The van der Waals surface area contributed by atoms with Crippen molar-refractivity contribution in [2.75, 3.05) is 0 Å². The Hall–Kier alpha value is -4.69. The number of hydrogen-bond acceptors (Lipinski definition) is 1. The van der Waals surface area contributed by atoms with Crippen molar-refractivity contribution in [1.82, 2.24) is 9.55 Å². The first-order chi connectivity index (χ1) is 21.5. The lowest BCUT2D eigenvalue weighted by Crippen LogP contribution is -2.09. The van der Waals surface area contributed by atoms with E-state index in [2.05, 4.69) is 141 Å². The van der Waals surface area contributed by atoms with Gasteiger partial charge in [-0.25, -0.2) is 4.98 Å².